The number of nitrogens with one attached hydrogen (secondary N) is 1. The molecule has 19 heavy (non-hydrogen) atoms. The second kappa shape index (κ2) is 6.19. The highest BCUT2D eigenvalue weighted by atomic mass is 32.2. The molecule has 1 rings (SSSR count). The van der Waals surface area contributed by atoms with E-state index in [0.29, 0.717) is 13.1 Å². The van der Waals surface area contributed by atoms with E-state index in [-0.39, 0.29) is 18.6 Å². The Morgan fingerprint density at radius 3 is 2.26 bits per heavy atom. The van der Waals surface area contributed by atoms with Gasteiger partial charge < -0.3 is 10.1 Å². The summed E-state index contributed by atoms with van der Waals surface area (Å²) in [6.07, 6.45) is 2.66. The largest absolute Gasteiger partial charge is 0.459 e. The Morgan fingerprint density at radius 2 is 1.84 bits per heavy atom. The molecule has 0 aromatic rings. The number of nitrogens with zero attached hydrogens (tertiary/aromatic N) is 1. The molecular weight excluding hydrogens is 268 g/mol. The third kappa shape index (κ3) is 6.35. The quantitative estimate of drug-likeness (QED) is 0.756. The van der Waals surface area contributed by atoms with E-state index in [2.05, 4.69) is 5.32 Å². The van der Waals surface area contributed by atoms with E-state index >= 15 is 0 Å². The van der Waals surface area contributed by atoms with E-state index in [1.807, 2.05) is 20.8 Å². The van der Waals surface area contributed by atoms with E-state index in [4.69, 9.17) is 4.74 Å². The lowest BCUT2D eigenvalue weighted by atomic mass is 10.1. The summed E-state index contributed by atoms with van der Waals surface area (Å²) >= 11 is 0. The summed E-state index contributed by atoms with van der Waals surface area (Å²) in [5, 5.41) is 3.12. The molecule has 0 spiro atoms. The van der Waals surface area contributed by atoms with Gasteiger partial charge in [-0.05, 0) is 33.6 Å². The predicted octanol–water partition coefficient (Wildman–Crippen LogP) is 0.342. The van der Waals surface area contributed by atoms with Gasteiger partial charge in [0.05, 0.1) is 12.8 Å². The zero-order valence-electron chi connectivity index (χ0n) is 12.1. The first-order valence-electron chi connectivity index (χ1n) is 6.48. The molecule has 112 valence electrons. The van der Waals surface area contributed by atoms with Crippen molar-refractivity contribution in [1.29, 1.82) is 0 Å². The minimum atomic E-state index is -3.09. The predicted molar refractivity (Wildman–Crippen MR) is 73.3 cm³/mol. The lowest BCUT2D eigenvalue weighted by molar-refractivity contribution is -0.153. The third-order valence-electron chi connectivity index (χ3n) is 2.88. The minimum absolute atomic E-state index is 0.167. The maximum absolute atomic E-state index is 11.5. The van der Waals surface area contributed by atoms with E-state index in [1.54, 1.807) is 0 Å². The van der Waals surface area contributed by atoms with Crippen LogP contribution in [0.1, 0.15) is 33.6 Å². The van der Waals surface area contributed by atoms with Gasteiger partial charge in [0.1, 0.15) is 5.60 Å². The zero-order chi connectivity index (χ0) is 14.7. The van der Waals surface area contributed by atoms with E-state index in [1.165, 1.54) is 10.6 Å². The van der Waals surface area contributed by atoms with Crippen LogP contribution < -0.4 is 5.32 Å². The molecule has 0 radical (unpaired) electrons. The van der Waals surface area contributed by atoms with Crippen molar-refractivity contribution in [2.24, 2.45) is 0 Å². The number of sulfonamides is 1. The van der Waals surface area contributed by atoms with Gasteiger partial charge in [0.15, 0.2) is 0 Å². The van der Waals surface area contributed by atoms with E-state index in [9.17, 15) is 13.2 Å². The van der Waals surface area contributed by atoms with Crippen LogP contribution in [-0.2, 0) is 19.6 Å². The Labute approximate surface area is 115 Å². The second-order valence-electron chi connectivity index (χ2n) is 5.90. The van der Waals surface area contributed by atoms with E-state index < -0.39 is 15.6 Å². The summed E-state index contributed by atoms with van der Waals surface area (Å²) in [5.41, 5.74) is -0.474. The molecule has 1 heterocycles. The normalized spacial score (nSPS) is 19.4. The molecule has 1 fully saturated rings. The van der Waals surface area contributed by atoms with E-state index in [0.717, 1.165) is 12.8 Å². The summed E-state index contributed by atoms with van der Waals surface area (Å²) in [7, 11) is -3.09. The zero-order valence-corrected chi connectivity index (χ0v) is 12.9. The van der Waals surface area contributed by atoms with Crippen molar-refractivity contribution in [3.8, 4) is 0 Å². The van der Waals surface area contributed by atoms with Crippen LogP contribution in [-0.4, -0.2) is 56.2 Å². The van der Waals surface area contributed by atoms with Crippen molar-refractivity contribution in [1.82, 2.24) is 9.62 Å². The first kappa shape index (κ1) is 16.4. The molecule has 1 saturated heterocycles. The average Bonchev–Trinajstić information content (AvgIpc) is 2.23. The highest BCUT2D eigenvalue weighted by Gasteiger charge is 2.25. The molecule has 0 unspecified atom stereocenters. The van der Waals surface area contributed by atoms with Crippen LogP contribution in [0, 0.1) is 0 Å². The number of ether oxygens (including phenoxy) is 1. The molecule has 1 aliphatic heterocycles. The molecule has 0 bridgehead atoms. The number of carbonyl (C=O) groups excluding carboxylic acids is 1. The molecular formula is C12H24N2O4S. The molecule has 0 saturated carbocycles. The standard InChI is InChI=1S/C12H24N2O4S/c1-12(2,3)18-11(15)9-13-10-5-7-14(8-6-10)19(4,16)17/h10,13H,5-9H2,1-4H3. The number of hydrogen-bond acceptors (Lipinski definition) is 5. The smallest absolute Gasteiger partial charge is 0.320 e. The Bertz CT molecular complexity index is 406. The van der Waals surface area contributed by atoms with Crippen molar-refractivity contribution >= 4 is 16.0 Å². The second-order valence-corrected chi connectivity index (χ2v) is 7.89. The van der Waals surface area contributed by atoms with Crippen LogP contribution in [0.5, 0.6) is 0 Å². The maximum Gasteiger partial charge on any atom is 0.320 e. The lowest BCUT2D eigenvalue weighted by Crippen LogP contribution is -2.46. The van der Waals surface area contributed by atoms with Crippen molar-refractivity contribution in [2.45, 2.75) is 45.3 Å². The summed E-state index contributed by atoms with van der Waals surface area (Å²) in [5.74, 6) is -0.280. The molecule has 6 nitrogen and oxygen atoms in total. The number of rotatable bonds is 4. The van der Waals surface area contributed by atoms with Crippen molar-refractivity contribution < 1.29 is 17.9 Å². The van der Waals surface area contributed by atoms with Crippen LogP contribution in [0.15, 0.2) is 0 Å². The van der Waals surface area contributed by atoms with Gasteiger partial charge in [-0.2, -0.15) is 0 Å². The highest BCUT2D eigenvalue weighted by Crippen LogP contribution is 2.13. The monoisotopic (exact) mass is 292 g/mol. The fraction of sp³-hybridized carbons (Fsp3) is 0.917. The van der Waals surface area contributed by atoms with Gasteiger partial charge >= 0.3 is 5.97 Å². The molecule has 0 aromatic carbocycles. The lowest BCUT2D eigenvalue weighted by Gasteiger charge is -2.30. The van der Waals surface area contributed by atoms with Gasteiger partial charge in [-0.1, -0.05) is 0 Å². The van der Waals surface area contributed by atoms with Gasteiger partial charge in [0, 0.05) is 19.1 Å². The molecule has 7 heteroatoms. The topological polar surface area (TPSA) is 75.7 Å². The number of hydrogen-bond donors (Lipinski definition) is 1. The number of piperidine rings is 1. The van der Waals surface area contributed by atoms with Crippen molar-refractivity contribution in [2.75, 3.05) is 25.9 Å². The molecule has 0 aliphatic carbocycles. The summed E-state index contributed by atoms with van der Waals surface area (Å²) in [4.78, 5) is 11.5. The van der Waals surface area contributed by atoms with Gasteiger partial charge in [-0.3, -0.25) is 4.79 Å². The number of carbonyl (C=O) groups is 1. The summed E-state index contributed by atoms with van der Waals surface area (Å²) in [6, 6.07) is 0.172. The fourth-order valence-electron chi connectivity index (χ4n) is 2.00. The van der Waals surface area contributed by atoms with Gasteiger partial charge in [0.2, 0.25) is 10.0 Å². The van der Waals surface area contributed by atoms with Crippen molar-refractivity contribution in [3.63, 3.8) is 0 Å². The fourth-order valence-corrected chi connectivity index (χ4v) is 2.87. The molecule has 0 amide bonds. The summed E-state index contributed by atoms with van der Waals surface area (Å²) < 4.78 is 29.4. The SMILES string of the molecule is CC(C)(C)OC(=O)CNC1CCN(S(C)(=O)=O)CC1. The van der Waals surface area contributed by atoms with Crippen LogP contribution in [0.2, 0.25) is 0 Å². The molecule has 1 N–H and O–H groups in total. The van der Waals surface area contributed by atoms with Crippen molar-refractivity contribution in [3.05, 3.63) is 0 Å². The first-order valence-corrected chi connectivity index (χ1v) is 8.33. The van der Waals surface area contributed by atoms with Crippen LogP contribution in [0.4, 0.5) is 0 Å². The Balaban J connectivity index is 2.29. The summed E-state index contributed by atoms with van der Waals surface area (Å²) in [6.45, 7) is 6.66. The van der Waals surface area contributed by atoms with Gasteiger partial charge in [-0.15, -0.1) is 0 Å². The van der Waals surface area contributed by atoms with Gasteiger partial charge in [-0.25, -0.2) is 12.7 Å². The number of esters is 1. The third-order valence-corrected chi connectivity index (χ3v) is 4.18. The minimum Gasteiger partial charge on any atom is -0.459 e. The van der Waals surface area contributed by atoms with Crippen LogP contribution in [0.25, 0.3) is 0 Å². The first-order chi connectivity index (χ1) is 8.58. The molecule has 0 aromatic heterocycles. The Hall–Kier alpha value is -0.660. The Morgan fingerprint density at radius 1 is 1.32 bits per heavy atom. The highest BCUT2D eigenvalue weighted by molar-refractivity contribution is 7.88. The average molecular weight is 292 g/mol. The Kier molecular flexibility index (Phi) is 5.34. The van der Waals surface area contributed by atoms with Crippen LogP contribution >= 0.6 is 0 Å². The molecule has 0 atom stereocenters. The molecule has 1 aliphatic rings. The van der Waals surface area contributed by atoms with Gasteiger partial charge in [0.25, 0.3) is 0 Å². The van der Waals surface area contributed by atoms with Crippen LogP contribution in [0.3, 0.4) is 0 Å². The maximum atomic E-state index is 11.5.